The molecule has 0 atom stereocenters. The number of hydrogen-bond acceptors (Lipinski definition) is 3. The predicted molar refractivity (Wildman–Crippen MR) is 90.5 cm³/mol. The average molecular weight is 372 g/mol. The maximum atomic E-state index is 6.19. The van der Waals surface area contributed by atoms with Gasteiger partial charge < -0.3 is 5.73 Å². The van der Waals surface area contributed by atoms with Gasteiger partial charge in [-0.2, -0.15) is 0 Å². The van der Waals surface area contributed by atoms with Crippen molar-refractivity contribution in [2.75, 3.05) is 5.73 Å². The molecule has 2 nitrogen and oxygen atoms in total. The molecule has 5 heteroatoms. The van der Waals surface area contributed by atoms with Gasteiger partial charge in [0.05, 0.1) is 5.01 Å². The van der Waals surface area contributed by atoms with E-state index in [4.69, 9.17) is 22.3 Å². The van der Waals surface area contributed by atoms with Gasteiger partial charge in [0.25, 0.3) is 0 Å². The molecule has 0 amide bonds. The molecule has 1 aromatic heterocycles. The summed E-state index contributed by atoms with van der Waals surface area (Å²) in [4.78, 5) is 4.81. The fourth-order valence-corrected chi connectivity index (χ4v) is 4.37. The molecule has 0 radical (unpaired) electrons. The molecule has 3 rings (SSSR count). The molecule has 1 aromatic carbocycles. The Morgan fingerprint density at radius 2 is 2.00 bits per heavy atom. The number of nitrogens with two attached hydrogens (primary N) is 1. The van der Waals surface area contributed by atoms with Crippen molar-refractivity contribution >= 4 is 43.9 Å². The highest BCUT2D eigenvalue weighted by molar-refractivity contribution is 9.10. The van der Waals surface area contributed by atoms with Crippen molar-refractivity contribution in [3.63, 3.8) is 0 Å². The summed E-state index contributed by atoms with van der Waals surface area (Å²) in [6, 6.07) is 5.72. The first-order valence-corrected chi connectivity index (χ1v) is 8.85. The van der Waals surface area contributed by atoms with Crippen LogP contribution in [-0.2, 0) is 0 Å². The molecule has 0 spiro atoms. The maximum absolute atomic E-state index is 6.19. The lowest BCUT2D eigenvalue weighted by molar-refractivity contribution is 0.442. The van der Waals surface area contributed by atoms with Crippen LogP contribution in [0.4, 0.5) is 5.00 Å². The summed E-state index contributed by atoms with van der Waals surface area (Å²) in [6.07, 6.45) is 6.44. The van der Waals surface area contributed by atoms with Crippen molar-refractivity contribution in [2.45, 2.75) is 38.0 Å². The number of aromatic nitrogens is 1. The van der Waals surface area contributed by atoms with Gasteiger partial charge in [-0.3, -0.25) is 0 Å². The smallest absolute Gasteiger partial charge is 0.114 e. The summed E-state index contributed by atoms with van der Waals surface area (Å²) in [5, 5.41) is 2.67. The Morgan fingerprint density at radius 1 is 1.25 bits per heavy atom. The molecule has 20 heavy (non-hydrogen) atoms. The van der Waals surface area contributed by atoms with Gasteiger partial charge in [0.2, 0.25) is 0 Å². The van der Waals surface area contributed by atoms with E-state index in [1.807, 2.05) is 18.2 Å². The number of hydrogen-bond donors (Lipinski definition) is 1. The minimum absolute atomic E-state index is 0.586. The number of nitrogens with zero attached hydrogens (tertiary/aromatic N) is 1. The third-order valence-corrected chi connectivity index (χ3v) is 5.78. The fraction of sp³-hybridized carbons (Fsp3) is 0.400. The van der Waals surface area contributed by atoms with Crippen LogP contribution in [0.2, 0.25) is 5.02 Å². The van der Waals surface area contributed by atoms with Crippen LogP contribution in [0.1, 0.15) is 43.0 Å². The second-order valence-corrected chi connectivity index (χ2v) is 7.58. The standard InChI is InChI=1S/C15H16BrClN2S/c16-12-7-6-10(17)8-11(12)13-14(18)20-15(19-13)9-4-2-1-3-5-9/h6-9H,1-5,18H2. The highest BCUT2D eigenvalue weighted by Crippen LogP contribution is 2.41. The molecule has 0 bridgehead atoms. The van der Waals surface area contributed by atoms with Crippen LogP contribution in [-0.4, -0.2) is 4.98 Å². The van der Waals surface area contributed by atoms with Crippen LogP contribution in [0.5, 0.6) is 0 Å². The van der Waals surface area contributed by atoms with Crippen molar-refractivity contribution < 1.29 is 0 Å². The summed E-state index contributed by atoms with van der Waals surface area (Å²) >= 11 is 11.3. The first kappa shape index (κ1) is 14.4. The molecule has 1 aliphatic rings. The molecule has 1 aliphatic carbocycles. The van der Waals surface area contributed by atoms with Crippen LogP contribution in [0, 0.1) is 0 Å². The Balaban J connectivity index is 1.98. The topological polar surface area (TPSA) is 38.9 Å². The van der Waals surface area contributed by atoms with E-state index in [1.165, 1.54) is 37.1 Å². The van der Waals surface area contributed by atoms with Crippen molar-refractivity contribution in [1.29, 1.82) is 0 Å². The third-order valence-electron chi connectivity index (χ3n) is 3.81. The van der Waals surface area contributed by atoms with Gasteiger partial charge in [0, 0.05) is 21.0 Å². The van der Waals surface area contributed by atoms with Crippen molar-refractivity contribution in [1.82, 2.24) is 4.98 Å². The van der Waals surface area contributed by atoms with Crippen LogP contribution < -0.4 is 5.73 Å². The maximum Gasteiger partial charge on any atom is 0.114 e. The predicted octanol–water partition coefficient (Wildman–Crippen LogP) is 5.86. The van der Waals surface area contributed by atoms with Gasteiger partial charge in [-0.15, -0.1) is 11.3 Å². The number of rotatable bonds is 2. The van der Waals surface area contributed by atoms with Gasteiger partial charge in [-0.05, 0) is 31.0 Å². The molecule has 2 aromatic rings. The van der Waals surface area contributed by atoms with Crippen molar-refractivity contribution in [3.05, 3.63) is 32.7 Å². The second kappa shape index (κ2) is 6.04. The Labute approximate surface area is 136 Å². The van der Waals surface area contributed by atoms with E-state index >= 15 is 0 Å². The first-order valence-electron chi connectivity index (χ1n) is 6.87. The van der Waals surface area contributed by atoms with E-state index < -0.39 is 0 Å². The lowest BCUT2D eigenvalue weighted by Gasteiger charge is -2.18. The quantitative estimate of drug-likeness (QED) is 0.718. The fourth-order valence-electron chi connectivity index (χ4n) is 2.75. The zero-order valence-corrected chi connectivity index (χ0v) is 14.2. The van der Waals surface area contributed by atoms with Gasteiger partial charge in [0.15, 0.2) is 0 Å². The molecular formula is C15H16BrClN2S. The summed E-state index contributed by atoms with van der Waals surface area (Å²) < 4.78 is 0.981. The number of thiazole rings is 1. The van der Waals surface area contributed by atoms with Gasteiger partial charge in [0.1, 0.15) is 10.7 Å². The highest BCUT2D eigenvalue weighted by Gasteiger charge is 2.22. The minimum Gasteiger partial charge on any atom is -0.389 e. The van der Waals surface area contributed by atoms with Crippen LogP contribution in [0.25, 0.3) is 11.3 Å². The summed E-state index contributed by atoms with van der Waals surface area (Å²) in [5.41, 5.74) is 8.04. The zero-order chi connectivity index (χ0) is 14.1. The molecule has 2 N–H and O–H groups in total. The van der Waals surface area contributed by atoms with Crippen LogP contribution >= 0.6 is 38.9 Å². The molecule has 0 saturated heterocycles. The monoisotopic (exact) mass is 370 g/mol. The molecule has 0 aliphatic heterocycles. The molecule has 1 saturated carbocycles. The largest absolute Gasteiger partial charge is 0.389 e. The van der Waals surface area contributed by atoms with E-state index in [0.717, 1.165) is 20.7 Å². The summed E-state index contributed by atoms with van der Waals surface area (Å²) in [5.74, 6) is 0.586. The summed E-state index contributed by atoms with van der Waals surface area (Å²) in [7, 11) is 0. The average Bonchev–Trinajstić information content (AvgIpc) is 2.84. The number of halogens is 2. The van der Waals surface area contributed by atoms with E-state index in [2.05, 4.69) is 15.9 Å². The molecule has 1 heterocycles. The van der Waals surface area contributed by atoms with Gasteiger partial charge >= 0.3 is 0 Å². The van der Waals surface area contributed by atoms with E-state index in [9.17, 15) is 0 Å². The van der Waals surface area contributed by atoms with Gasteiger partial charge in [-0.1, -0.05) is 46.8 Å². The van der Waals surface area contributed by atoms with Crippen molar-refractivity contribution in [3.8, 4) is 11.3 Å². The molecule has 0 unspecified atom stereocenters. The summed E-state index contributed by atoms with van der Waals surface area (Å²) in [6.45, 7) is 0. The SMILES string of the molecule is Nc1sc(C2CCCCC2)nc1-c1cc(Cl)ccc1Br. The van der Waals surface area contributed by atoms with E-state index in [1.54, 1.807) is 11.3 Å². The molecule has 106 valence electrons. The first-order chi connectivity index (χ1) is 9.65. The van der Waals surface area contributed by atoms with Crippen LogP contribution in [0.15, 0.2) is 22.7 Å². The Morgan fingerprint density at radius 3 is 2.75 bits per heavy atom. The second-order valence-electron chi connectivity index (χ2n) is 5.22. The van der Waals surface area contributed by atoms with E-state index in [0.29, 0.717) is 10.9 Å². The highest BCUT2D eigenvalue weighted by atomic mass is 79.9. The van der Waals surface area contributed by atoms with Crippen molar-refractivity contribution in [2.24, 2.45) is 0 Å². The Hall–Kier alpha value is -0.580. The third kappa shape index (κ3) is 2.87. The lowest BCUT2D eigenvalue weighted by atomic mass is 9.90. The van der Waals surface area contributed by atoms with Crippen LogP contribution in [0.3, 0.4) is 0 Å². The number of nitrogen functional groups attached to an aromatic ring is 1. The zero-order valence-electron chi connectivity index (χ0n) is 11.0. The normalized spacial score (nSPS) is 16.5. The number of anilines is 1. The van der Waals surface area contributed by atoms with Gasteiger partial charge in [-0.25, -0.2) is 4.98 Å². The molecule has 1 fully saturated rings. The lowest BCUT2D eigenvalue weighted by Crippen LogP contribution is -2.03. The van der Waals surface area contributed by atoms with E-state index in [-0.39, 0.29) is 0 Å². The number of benzene rings is 1. The Kier molecular flexibility index (Phi) is 4.34. The minimum atomic E-state index is 0.586. The molecular weight excluding hydrogens is 356 g/mol. The Bertz CT molecular complexity index is 620.